The van der Waals surface area contributed by atoms with Crippen LogP contribution in [0.3, 0.4) is 0 Å². The molecule has 6 heteroatoms. The van der Waals surface area contributed by atoms with Gasteiger partial charge in [0.05, 0.1) is 19.7 Å². The maximum absolute atomic E-state index is 12.8. The molecule has 2 aliphatic rings. The number of methoxy groups -OCH3 is 1. The van der Waals surface area contributed by atoms with Crippen molar-refractivity contribution in [1.82, 2.24) is 9.80 Å². The van der Waals surface area contributed by atoms with Gasteiger partial charge in [-0.1, -0.05) is 12.1 Å². The predicted molar refractivity (Wildman–Crippen MR) is 90.4 cm³/mol. The van der Waals surface area contributed by atoms with E-state index in [0.29, 0.717) is 0 Å². The van der Waals surface area contributed by atoms with Gasteiger partial charge in [-0.25, -0.2) is 0 Å². The third-order valence-electron chi connectivity index (χ3n) is 5.10. The van der Waals surface area contributed by atoms with Crippen LogP contribution in [0.15, 0.2) is 24.3 Å². The van der Waals surface area contributed by atoms with Gasteiger partial charge in [0.2, 0.25) is 11.8 Å². The molecule has 0 aliphatic carbocycles. The van der Waals surface area contributed by atoms with E-state index in [1.54, 1.807) is 7.11 Å². The Bertz CT molecular complexity index is 611. The van der Waals surface area contributed by atoms with Gasteiger partial charge in [-0.15, -0.1) is 0 Å². The number of primary amides is 1. The molecule has 0 bridgehead atoms. The number of nitrogens with two attached hydrogens (primary N) is 1. The van der Waals surface area contributed by atoms with Gasteiger partial charge in [0.25, 0.3) is 0 Å². The van der Waals surface area contributed by atoms with Crippen LogP contribution in [-0.2, 0) is 9.59 Å². The van der Waals surface area contributed by atoms with E-state index in [1.165, 1.54) is 0 Å². The minimum absolute atomic E-state index is 0.0579. The van der Waals surface area contributed by atoms with Crippen molar-refractivity contribution in [2.45, 2.75) is 25.3 Å². The first kappa shape index (κ1) is 16.8. The number of rotatable bonds is 5. The molecule has 1 aromatic carbocycles. The molecule has 2 aliphatic heterocycles. The van der Waals surface area contributed by atoms with Gasteiger partial charge in [0, 0.05) is 12.5 Å². The fraction of sp³-hybridized carbons (Fsp3) is 0.556. The monoisotopic (exact) mass is 331 g/mol. The number of likely N-dealkylation sites (tertiary alicyclic amines) is 2. The molecule has 24 heavy (non-hydrogen) atoms. The molecule has 2 heterocycles. The summed E-state index contributed by atoms with van der Waals surface area (Å²) in [7, 11) is 1.66. The van der Waals surface area contributed by atoms with E-state index in [2.05, 4.69) is 6.07 Å². The summed E-state index contributed by atoms with van der Waals surface area (Å²) in [5.74, 6) is 0.822. The zero-order valence-corrected chi connectivity index (χ0v) is 14.1. The van der Waals surface area contributed by atoms with Crippen molar-refractivity contribution in [3.63, 3.8) is 0 Å². The van der Waals surface area contributed by atoms with Gasteiger partial charge >= 0.3 is 0 Å². The molecule has 1 atom stereocenters. The summed E-state index contributed by atoms with van der Waals surface area (Å²) < 4.78 is 5.28. The molecule has 130 valence electrons. The highest BCUT2D eigenvalue weighted by atomic mass is 16.5. The van der Waals surface area contributed by atoms with Crippen LogP contribution in [0.25, 0.3) is 0 Å². The molecule has 0 radical (unpaired) electrons. The molecule has 0 spiro atoms. The Morgan fingerprint density at radius 2 is 1.96 bits per heavy atom. The second-order valence-corrected chi connectivity index (χ2v) is 6.63. The Hall–Kier alpha value is -2.08. The first-order chi connectivity index (χ1) is 11.6. The predicted octanol–water partition coefficient (Wildman–Crippen LogP) is 1.17. The Kier molecular flexibility index (Phi) is 5.04. The topological polar surface area (TPSA) is 75.9 Å². The summed E-state index contributed by atoms with van der Waals surface area (Å²) in [5.41, 5.74) is 6.38. The number of ether oxygens (including phenoxy) is 1. The highest BCUT2D eigenvalue weighted by Gasteiger charge is 2.37. The molecule has 2 N–H and O–H groups in total. The quantitative estimate of drug-likeness (QED) is 0.879. The van der Waals surface area contributed by atoms with E-state index in [-0.39, 0.29) is 30.3 Å². The SMILES string of the molecule is COc1cccc([C@@H]2CCN2C(=O)C2CCN(CC(N)=O)CC2)c1. The lowest BCUT2D eigenvalue weighted by Crippen LogP contribution is -2.50. The summed E-state index contributed by atoms with van der Waals surface area (Å²) >= 11 is 0. The summed E-state index contributed by atoms with van der Waals surface area (Å²) in [6.07, 6.45) is 2.60. The normalized spacial score (nSPS) is 22.0. The summed E-state index contributed by atoms with van der Waals surface area (Å²) in [4.78, 5) is 27.8. The molecule has 3 rings (SSSR count). The van der Waals surface area contributed by atoms with Crippen molar-refractivity contribution >= 4 is 11.8 Å². The van der Waals surface area contributed by atoms with Crippen molar-refractivity contribution in [2.75, 3.05) is 33.3 Å². The first-order valence-electron chi connectivity index (χ1n) is 8.53. The average molecular weight is 331 g/mol. The summed E-state index contributed by atoms with van der Waals surface area (Å²) in [6.45, 7) is 2.63. The second kappa shape index (κ2) is 7.21. The maximum Gasteiger partial charge on any atom is 0.231 e. The van der Waals surface area contributed by atoms with Crippen molar-refractivity contribution in [2.24, 2.45) is 11.7 Å². The molecule has 0 aromatic heterocycles. The van der Waals surface area contributed by atoms with Crippen LogP contribution in [0.1, 0.15) is 30.9 Å². The fourth-order valence-corrected chi connectivity index (χ4v) is 3.64. The molecule has 2 fully saturated rings. The van der Waals surface area contributed by atoms with Gasteiger partial charge in [-0.2, -0.15) is 0 Å². The molecule has 2 amide bonds. The molecule has 6 nitrogen and oxygen atoms in total. The van der Waals surface area contributed by atoms with E-state index < -0.39 is 0 Å². The van der Waals surface area contributed by atoms with Crippen LogP contribution in [-0.4, -0.2) is 54.9 Å². The van der Waals surface area contributed by atoms with E-state index in [4.69, 9.17) is 10.5 Å². The third-order valence-corrected chi connectivity index (χ3v) is 5.10. The van der Waals surface area contributed by atoms with Crippen molar-refractivity contribution < 1.29 is 14.3 Å². The third kappa shape index (κ3) is 3.53. The molecular formula is C18H25N3O3. The first-order valence-corrected chi connectivity index (χ1v) is 8.53. The van der Waals surface area contributed by atoms with Crippen LogP contribution in [0, 0.1) is 5.92 Å². The van der Waals surface area contributed by atoms with E-state index in [0.717, 1.165) is 50.2 Å². The van der Waals surface area contributed by atoms with Gasteiger partial charge in [-0.05, 0) is 50.0 Å². The van der Waals surface area contributed by atoms with Crippen LogP contribution < -0.4 is 10.5 Å². The van der Waals surface area contributed by atoms with Gasteiger partial charge < -0.3 is 15.4 Å². The van der Waals surface area contributed by atoms with Gasteiger partial charge in [-0.3, -0.25) is 14.5 Å². The molecule has 0 saturated carbocycles. The Labute approximate surface area is 142 Å². The minimum Gasteiger partial charge on any atom is -0.497 e. The summed E-state index contributed by atoms with van der Waals surface area (Å²) in [6, 6.07) is 8.12. The maximum atomic E-state index is 12.8. The fourth-order valence-electron chi connectivity index (χ4n) is 3.64. The Morgan fingerprint density at radius 1 is 1.21 bits per heavy atom. The molecular weight excluding hydrogens is 306 g/mol. The number of hydrogen-bond donors (Lipinski definition) is 1. The van der Waals surface area contributed by atoms with Crippen LogP contribution in [0.5, 0.6) is 5.75 Å². The van der Waals surface area contributed by atoms with Crippen LogP contribution >= 0.6 is 0 Å². The number of carbonyl (C=O) groups is 2. The average Bonchev–Trinajstić information content (AvgIpc) is 2.54. The highest BCUT2D eigenvalue weighted by molar-refractivity contribution is 5.80. The summed E-state index contributed by atoms with van der Waals surface area (Å²) in [5, 5.41) is 0. The largest absolute Gasteiger partial charge is 0.497 e. The Balaban J connectivity index is 1.58. The number of nitrogens with zero attached hydrogens (tertiary/aromatic N) is 2. The number of amides is 2. The zero-order valence-electron chi connectivity index (χ0n) is 14.1. The number of benzene rings is 1. The van der Waals surface area contributed by atoms with E-state index >= 15 is 0 Å². The number of piperidine rings is 1. The lowest BCUT2D eigenvalue weighted by atomic mass is 9.89. The minimum atomic E-state index is -0.305. The van der Waals surface area contributed by atoms with E-state index in [9.17, 15) is 9.59 Å². The van der Waals surface area contributed by atoms with Crippen molar-refractivity contribution in [3.8, 4) is 5.75 Å². The van der Waals surface area contributed by atoms with Gasteiger partial charge in [0.1, 0.15) is 5.75 Å². The van der Waals surface area contributed by atoms with Crippen LogP contribution in [0.2, 0.25) is 0 Å². The van der Waals surface area contributed by atoms with Gasteiger partial charge in [0.15, 0.2) is 0 Å². The zero-order chi connectivity index (χ0) is 17.1. The van der Waals surface area contributed by atoms with Crippen molar-refractivity contribution in [3.05, 3.63) is 29.8 Å². The number of hydrogen-bond acceptors (Lipinski definition) is 4. The molecule has 0 unspecified atom stereocenters. The molecule has 2 saturated heterocycles. The lowest BCUT2D eigenvalue weighted by Gasteiger charge is -2.44. The second-order valence-electron chi connectivity index (χ2n) is 6.63. The highest BCUT2D eigenvalue weighted by Crippen LogP contribution is 2.37. The number of carbonyl (C=O) groups excluding carboxylic acids is 2. The lowest BCUT2D eigenvalue weighted by molar-refractivity contribution is -0.145. The Morgan fingerprint density at radius 3 is 2.54 bits per heavy atom. The van der Waals surface area contributed by atoms with Crippen LogP contribution in [0.4, 0.5) is 0 Å². The standard InChI is InChI=1S/C18H25N3O3/c1-24-15-4-2-3-14(11-15)16-7-10-21(16)18(23)13-5-8-20(9-6-13)12-17(19)22/h2-4,11,13,16H,5-10,12H2,1H3,(H2,19,22)/t16-/m0/s1. The smallest absolute Gasteiger partial charge is 0.231 e. The molecule has 1 aromatic rings. The van der Waals surface area contributed by atoms with Crippen molar-refractivity contribution in [1.29, 1.82) is 0 Å². The van der Waals surface area contributed by atoms with E-state index in [1.807, 2.05) is 28.0 Å².